The highest BCUT2D eigenvalue weighted by Crippen LogP contribution is 2.29. The molecule has 0 saturated carbocycles. The number of thiazole rings is 2. The zero-order chi connectivity index (χ0) is 19.8. The Morgan fingerprint density at radius 1 is 0.966 bits per heavy atom. The van der Waals surface area contributed by atoms with Crippen molar-refractivity contribution in [3.63, 3.8) is 0 Å². The summed E-state index contributed by atoms with van der Waals surface area (Å²) in [6.45, 7) is 2.78. The standard InChI is InChI=1S/C21H17FN4OS2/c22-15-7-5-14(6-8-15)19-23-17(13-28-19)20(27)25-9-11-26(12-10-25)21-24-16-3-1-2-4-18(16)29-21/h1-8,13H,9-12H2. The molecule has 1 fully saturated rings. The highest BCUT2D eigenvalue weighted by Gasteiger charge is 2.25. The Hall–Kier alpha value is -2.84. The van der Waals surface area contributed by atoms with Crippen LogP contribution in [-0.4, -0.2) is 47.0 Å². The maximum atomic E-state index is 13.1. The van der Waals surface area contributed by atoms with Gasteiger partial charge in [0, 0.05) is 37.1 Å². The summed E-state index contributed by atoms with van der Waals surface area (Å²) in [5.74, 6) is -0.342. The lowest BCUT2D eigenvalue weighted by Crippen LogP contribution is -2.48. The average molecular weight is 425 g/mol. The van der Waals surface area contributed by atoms with Crippen LogP contribution in [0, 0.1) is 5.82 Å². The van der Waals surface area contributed by atoms with E-state index in [-0.39, 0.29) is 11.7 Å². The van der Waals surface area contributed by atoms with Crippen LogP contribution in [0.25, 0.3) is 20.8 Å². The minimum Gasteiger partial charge on any atom is -0.345 e. The maximum absolute atomic E-state index is 13.1. The second-order valence-electron chi connectivity index (χ2n) is 6.79. The Morgan fingerprint density at radius 2 is 1.72 bits per heavy atom. The summed E-state index contributed by atoms with van der Waals surface area (Å²) in [6.07, 6.45) is 0. The molecular formula is C21H17FN4OS2. The minimum atomic E-state index is -0.285. The second-order valence-corrected chi connectivity index (χ2v) is 8.66. The van der Waals surface area contributed by atoms with E-state index in [2.05, 4.69) is 16.0 Å². The van der Waals surface area contributed by atoms with E-state index in [0.29, 0.717) is 18.8 Å². The minimum absolute atomic E-state index is 0.0569. The van der Waals surface area contributed by atoms with Gasteiger partial charge in [-0.15, -0.1) is 11.3 Å². The number of carbonyl (C=O) groups excluding carboxylic acids is 1. The summed E-state index contributed by atoms with van der Waals surface area (Å²) >= 11 is 3.09. The molecule has 2 aromatic heterocycles. The lowest BCUT2D eigenvalue weighted by atomic mass is 10.2. The maximum Gasteiger partial charge on any atom is 0.273 e. The van der Waals surface area contributed by atoms with Crippen molar-refractivity contribution in [3.05, 3.63) is 65.4 Å². The van der Waals surface area contributed by atoms with E-state index in [0.717, 1.165) is 34.3 Å². The van der Waals surface area contributed by atoms with Crippen LogP contribution < -0.4 is 4.90 Å². The Morgan fingerprint density at radius 3 is 2.48 bits per heavy atom. The van der Waals surface area contributed by atoms with Gasteiger partial charge in [-0.05, 0) is 36.4 Å². The number of aromatic nitrogens is 2. The Balaban J connectivity index is 1.26. The summed E-state index contributed by atoms with van der Waals surface area (Å²) in [5, 5.41) is 3.51. The molecule has 1 saturated heterocycles. The van der Waals surface area contributed by atoms with Gasteiger partial charge in [0.2, 0.25) is 0 Å². The second kappa shape index (κ2) is 7.53. The monoisotopic (exact) mass is 424 g/mol. The van der Waals surface area contributed by atoms with Crippen LogP contribution in [0.2, 0.25) is 0 Å². The highest BCUT2D eigenvalue weighted by atomic mass is 32.1. The predicted molar refractivity (Wildman–Crippen MR) is 115 cm³/mol. The molecule has 0 N–H and O–H groups in total. The van der Waals surface area contributed by atoms with Crippen LogP contribution in [0.1, 0.15) is 10.5 Å². The fraction of sp³-hybridized carbons (Fsp3) is 0.190. The zero-order valence-corrected chi connectivity index (χ0v) is 17.0. The molecule has 0 radical (unpaired) electrons. The average Bonchev–Trinajstić information content (AvgIpc) is 3.41. The quantitative estimate of drug-likeness (QED) is 0.485. The molecule has 0 unspecified atom stereocenters. The lowest BCUT2D eigenvalue weighted by molar-refractivity contribution is 0.0742. The van der Waals surface area contributed by atoms with Crippen molar-refractivity contribution in [1.29, 1.82) is 0 Å². The highest BCUT2D eigenvalue weighted by molar-refractivity contribution is 7.22. The molecular weight excluding hydrogens is 407 g/mol. The van der Waals surface area contributed by atoms with Gasteiger partial charge in [0.05, 0.1) is 10.2 Å². The first-order chi connectivity index (χ1) is 14.2. The lowest BCUT2D eigenvalue weighted by Gasteiger charge is -2.34. The molecule has 0 spiro atoms. The molecule has 2 aromatic carbocycles. The van der Waals surface area contributed by atoms with E-state index < -0.39 is 0 Å². The Labute approximate surface area is 175 Å². The van der Waals surface area contributed by atoms with E-state index in [4.69, 9.17) is 4.98 Å². The molecule has 0 bridgehead atoms. The number of hydrogen-bond donors (Lipinski definition) is 0. The van der Waals surface area contributed by atoms with Crippen molar-refractivity contribution in [2.45, 2.75) is 0 Å². The molecule has 1 aliphatic rings. The number of piperazine rings is 1. The van der Waals surface area contributed by atoms with E-state index in [1.807, 2.05) is 23.1 Å². The first kappa shape index (κ1) is 18.2. The van der Waals surface area contributed by atoms with Gasteiger partial charge in [-0.1, -0.05) is 23.5 Å². The fourth-order valence-corrected chi connectivity index (χ4v) is 5.17. The number of nitrogens with zero attached hydrogens (tertiary/aromatic N) is 4. The number of benzene rings is 2. The molecule has 5 rings (SSSR count). The van der Waals surface area contributed by atoms with Gasteiger partial charge in [0.1, 0.15) is 16.5 Å². The van der Waals surface area contributed by atoms with Gasteiger partial charge in [0.25, 0.3) is 5.91 Å². The first-order valence-corrected chi connectivity index (χ1v) is 11.0. The zero-order valence-electron chi connectivity index (χ0n) is 15.4. The van der Waals surface area contributed by atoms with Gasteiger partial charge in [-0.2, -0.15) is 0 Å². The fourth-order valence-electron chi connectivity index (χ4n) is 3.36. The predicted octanol–water partition coefficient (Wildman–Crippen LogP) is 4.52. The normalized spacial score (nSPS) is 14.5. The molecule has 8 heteroatoms. The summed E-state index contributed by atoms with van der Waals surface area (Å²) in [7, 11) is 0. The number of halogens is 1. The molecule has 5 nitrogen and oxygen atoms in total. The number of para-hydroxylation sites is 1. The van der Waals surface area contributed by atoms with Crippen LogP contribution in [0.3, 0.4) is 0 Å². The van der Waals surface area contributed by atoms with Crippen LogP contribution in [0.5, 0.6) is 0 Å². The van der Waals surface area contributed by atoms with Crippen molar-refractivity contribution in [2.24, 2.45) is 0 Å². The van der Waals surface area contributed by atoms with Gasteiger partial charge in [-0.25, -0.2) is 14.4 Å². The number of anilines is 1. The van der Waals surface area contributed by atoms with Crippen molar-refractivity contribution in [2.75, 3.05) is 31.1 Å². The molecule has 3 heterocycles. The van der Waals surface area contributed by atoms with Gasteiger partial charge in [0.15, 0.2) is 5.13 Å². The van der Waals surface area contributed by atoms with Crippen LogP contribution >= 0.6 is 22.7 Å². The molecule has 0 atom stereocenters. The third-order valence-electron chi connectivity index (χ3n) is 4.93. The Bertz CT molecular complexity index is 1130. The van der Waals surface area contributed by atoms with E-state index >= 15 is 0 Å². The summed E-state index contributed by atoms with van der Waals surface area (Å²) in [6, 6.07) is 14.3. The smallest absolute Gasteiger partial charge is 0.273 e. The number of hydrogen-bond acceptors (Lipinski definition) is 6. The number of fused-ring (bicyclic) bond motifs is 1. The van der Waals surface area contributed by atoms with E-state index in [1.54, 1.807) is 28.8 Å². The van der Waals surface area contributed by atoms with Crippen molar-refractivity contribution in [3.8, 4) is 10.6 Å². The van der Waals surface area contributed by atoms with Crippen molar-refractivity contribution >= 4 is 43.9 Å². The van der Waals surface area contributed by atoms with Gasteiger partial charge < -0.3 is 9.80 Å². The molecule has 1 aliphatic heterocycles. The van der Waals surface area contributed by atoms with E-state index in [9.17, 15) is 9.18 Å². The summed E-state index contributed by atoms with van der Waals surface area (Å²) in [5.41, 5.74) is 2.28. The molecule has 0 aliphatic carbocycles. The van der Waals surface area contributed by atoms with Crippen LogP contribution in [0.4, 0.5) is 9.52 Å². The van der Waals surface area contributed by atoms with Crippen LogP contribution in [-0.2, 0) is 0 Å². The first-order valence-electron chi connectivity index (χ1n) is 9.29. The number of amides is 1. The van der Waals surface area contributed by atoms with Crippen molar-refractivity contribution < 1.29 is 9.18 Å². The largest absolute Gasteiger partial charge is 0.345 e. The van der Waals surface area contributed by atoms with E-state index in [1.165, 1.54) is 28.2 Å². The molecule has 1 amide bonds. The van der Waals surface area contributed by atoms with Crippen molar-refractivity contribution in [1.82, 2.24) is 14.9 Å². The topological polar surface area (TPSA) is 49.3 Å². The molecule has 29 heavy (non-hydrogen) atoms. The number of rotatable bonds is 3. The number of carbonyl (C=O) groups is 1. The molecule has 4 aromatic rings. The summed E-state index contributed by atoms with van der Waals surface area (Å²) < 4.78 is 14.3. The van der Waals surface area contributed by atoms with Gasteiger partial charge >= 0.3 is 0 Å². The van der Waals surface area contributed by atoms with Crippen LogP contribution in [0.15, 0.2) is 53.9 Å². The third-order valence-corrected chi connectivity index (χ3v) is 6.92. The van der Waals surface area contributed by atoms with Gasteiger partial charge in [-0.3, -0.25) is 4.79 Å². The SMILES string of the molecule is O=C(c1csc(-c2ccc(F)cc2)n1)N1CCN(c2nc3ccccc3s2)CC1. The molecule has 146 valence electrons. The third kappa shape index (κ3) is 3.61. The Kier molecular flexibility index (Phi) is 4.73. The summed E-state index contributed by atoms with van der Waals surface area (Å²) in [4.78, 5) is 26.1.